The van der Waals surface area contributed by atoms with E-state index in [1.165, 1.54) is 11.3 Å². The van der Waals surface area contributed by atoms with Crippen LogP contribution < -0.4 is 11.1 Å². The molecule has 0 bridgehead atoms. The van der Waals surface area contributed by atoms with Crippen LogP contribution in [0.3, 0.4) is 0 Å². The number of nitrogens with one attached hydrogen (secondary N) is 1. The van der Waals surface area contributed by atoms with Crippen LogP contribution in [-0.4, -0.2) is 47.6 Å². The smallest absolute Gasteiger partial charge is 0.275 e. The van der Waals surface area contributed by atoms with Crippen LogP contribution in [0.25, 0.3) is 0 Å². The lowest BCUT2D eigenvalue weighted by atomic mass is 10.1. The van der Waals surface area contributed by atoms with Gasteiger partial charge >= 0.3 is 0 Å². The number of thiazole rings is 1. The average Bonchev–Trinajstić information content (AvgIpc) is 3.05. The number of hydrogen-bond donors (Lipinski definition) is 2. The minimum Gasteiger partial charge on any atom is -0.373 e. The third kappa shape index (κ3) is 6.69. The second-order valence-electron chi connectivity index (χ2n) is 6.73. The van der Waals surface area contributed by atoms with Crippen LogP contribution in [0.4, 0.5) is 5.69 Å². The fourth-order valence-corrected chi connectivity index (χ4v) is 4.07. The quantitative estimate of drug-likeness (QED) is 0.710. The molecule has 28 heavy (non-hydrogen) atoms. The lowest BCUT2D eigenvalue weighted by molar-refractivity contribution is -0.0704. The van der Waals surface area contributed by atoms with Crippen LogP contribution in [0.2, 0.25) is 0 Å². The Balaban J connectivity index is 0.00000196. The number of anilines is 1. The summed E-state index contributed by atoms with van der Waals surface area (Å²) < 4.78 is 5.80. The molecule has 0 saturated carbocycles. The number of hydrogen-bond acceptors (Lipinski definition) is 6. The minimum atomic E-state index is -0.180. The number of rotatable bonds is 6. The summed E-state index contributed by atoms with van der Waals surface area (Å²) in [6.45, 7) is 7.29. The normalized spacial score (nSPS) is 19.4. The van der Waals surface area contributed by atoms with E-state index < -0.39 is 0 Å². The summed E-state index contributed by atoms with van der Waals surface area (Å²) in [5.41, 5.74) is 7.92. The van der Waals surface area contributed by atoms with Gasteiger partial charge in [0.2, 0.25) is 0 Å². The summed E-state index contributed by atoms with van der Waals surface area (Å²) in [5, 5.41) is 5.69. The number of carbonyl (C=O) groups is 1. The molecule has 1 aliphatic rings. The maximum atomic E-state index is 12.5. The topological polar surface area (TPSA) is 80.5 Å². The maximum absolute atomic E-state index is 12.5. The van der Waals surface area contributed by atoms with Gasteiger partial charge in [-0.2, -0.15) is 0 Å². The number of morpholine rings is 1. The highest BCUT2D eigenvalue weighted by Gasteiger charge is 2.23. The highest BCUT2D eigenvalue weighted by Crippen LogP contribution is 2.21. The Morgan fingerprint density at radius 3 is 2.64 bits per heavy atom. The van der Waals surface area contributed by atoms with Crippen LogP contribution in [-0.2, 0) is 17.7 Å². The molecule has 2 atom stereocenters. The summed E-state index contributed by atoms with van der Waals surface area (Å²) in [7, 11) is 0. The van der Waals surface area contributed by atoms with Gasteiger partial charge in [-0.3, -0.25) is 9.69 Å². The van der Waals surface area contributed by atoms with E-state index in [1.54, 1.807) is 5.38 Å². The first-order chi connectivity index (χ1) is 12.5. The molecule has 3 rings (SSSR count). The lowest BCUT2D eigenvalue weighted by Crippen LogP contribution is -2.44. The highest BCUT2D eigenvalue weighted by molar-refractivity contribution is 7.09. The Morgan fingerprint density at radius 1 is 1.29 bits per heavy atom. The van der Waals surface area contributed by atoms with E-state index in [9.17, 15) is 4.79 Å². The maximum Gasteiger partial charge on any atom is 0.275 e. The van der Waals surface area contributed by atoms with Crippen molar-refractivity contribution in [1.82, 2.24) is 9.88 Å². The average molecular weight is 447 g/mol. The van der Waals surface area contributed by atoms with Crippen molar-refractivity contribution in [3.05, 3.63) is 45.9 Å². The van der Waals surface area contributed by atoms with Crippen molar-refractivity contribution in [3.8, 4) is 0 Å². The zero-order valence-corrected chi connectivity index (χ0v) is 18.5. The summed E-state index contributed by atoms with van der Waals surface area (Å²) >= 11 is 1.47. The molecular formula is C19H28Cl2N4O2S. The van der Waals surface area contributed by atoms with Crippen molar-refractivity contribution >= 4 is 47.7 Å². The van der Waals surface area contributed by atoms with Crippen LogP contribution in [0.15, 0.2) is 29.6 Å². The van der Waals surface area contributed by atoms with Crippen molar-refractivity contribution in [2.24, 2.45) is 5.73 Å². The van der Waals surface area contributed by atoms with Gasteiger partial charge in [0.05, 0.1) is 17.2 Å². The van der Waals surface area contributed by atoms with Gasteiger partial charge in [-0.15, -0.1) is 36.2 Å². The highest BCUT2D eigenvalue weighted by atomic mass is 35.5. The molecule has 1 amide bonds. The molecule has 0 radical (unpaired) electrons. The minimum absolute atomic E-state index is 0. The van der Waals surface area contributed by atoms with E-state index >= 15 is 0 Å². The number of amides is 1. The van der Waals surface area contributed by atoms with Crippen molar-refractivity contribution in [2.75, 3.05) is 25.0 Å². The Hall–Kier alpha value is -1.22. The van der Waals surface area contributed by atoms with Crippen LogP contribution in [0.1, 0.15) is 34.9 Å². The number of carbonyl (C=O) groups excluding carboxylic acids is 1. The summed E-state index contributed by atoms with van der Waals surface area (Å²) in [4.78, 5) is 19.3. The summed E-state index contributed by atoms with van der Waals surface area (Å²) in [5.74, 6) is -0.180. The van der Waals surface area contributed by atoms with Crippen molar-refractivity contribution in [3.63, 3.8) is 0 Å². The molecule has 1 fully saturated rings. The number of benzene rings is 1. The van der Waals surface area contributed by atoms with E-state index in [4.69, 9.17) is 10.5 Å². The first kappa shape index (κ1) is 24.8. The predicted molar refractivity (Wildman–Crippen MR) is 119 cm³/mol. The molecule has 1 saturated heterocycles. The second kappa shape index (κ2) is 11.7. The first-order valence-corrected chi connectivity index (χ1v) is 9.84. The Labute approximate surface area is 182 Å². The van der Waals surface area contributed by atoms with Gasteiger partial charge in [0.25, 0.3) is 5.91 Å². The SMILES string of the molecule is CC1CN(Cc2ccccc2NC(=O)c2csc(CCN)n2)CC(C)O1.Cl.Cl. The fraction of sp³-hybridized carbons (Fsp3) is 0.474. The van der Waals surface area contributed by atoms with Crippen molar-refractivity contribution < 1.29 is 9.53 Å². The van der Waals surface area contributed by atoms with Crippen LogP contribution >= 0.6 is 36.2 Å². The number of nitrogens with two attached hydrogens (primary N) is 1. The number of para-hydroxylation sites is 1. The van der Waals surface area contributed by atoms with Crippen LogP contribution in [0.5, 0.6) is 0 Å². The summed E-state index contributed by atoms with van der Waals surface area (Å²) in [6.07, 6.45) is 1.13. The van der Waals surface area contributed by atoms with Gasteiger partial charge in [0.1, 0.15) is 5.69 Å². The van der Waals surface area contributed by atoms with Gasteiger partial charge in [-0.05, 0) is 32.0 Å². The monoisotopic (exact) mass is 446 g/mol. The second-order valence-corrected chi connectivity index (χ2v) is 7.67. The number of ether oxygens (including phenoxy) is 1. The molecule has 9 heteroatoms. The third-order valence-corrected chi connectivity index (χ3v) is 5.21. The Kier molecular flexibility index (Phi) is 10.4. The van der Waals surface area contributed by atoms with Crippen LogP contribution in [0, 0.1) is 0 Å². The zero-order valence-electron chi connectivity index (χ0n) is 16.1. The van der Waals surface area contributed by atoms with Gasteiger partial charge < -0.3 is 15.8 Å². The molecule has 156 valence electrons. The molecule has 2 aromatic rings. The lowest BCUT2D eigenvalue weighted by Gasteiger charge is -2.35. The van der Waals surface area contributed by atoms with Crippen molar-refractivity contribution in [1.29, 1.82) is 0 Å². The van der Waals surface area contributed by atoms with Gasteiger partial charge in [0.15, 0.2) is 0 Å². The first-order valence-electron chi connectivity index (χ1n) is 8.96. The predicted octanol–water partition coefficient (Wildman–Crippen LogP) is 3.35. The van der Waals surface area contributed by atoms with E-state index in [2.05, 4.69) is 35.1 Å². The third-order valence-electron chi connectivity index (χ3n) is 4.30. The molecule has 6 nitrogen and oxygen atoms in total. The van der Waals surface area contributed by atoms with Gasteiger partial charge in [0, 0.05) is 37.1 Å². The molecule has 2 heterocycles. The zero-order chi connectivity index (χ0) is 18.5. The molecule has 1 aliphatic heterocycles. The molecule has 2 unspecified atom stereocenters. The van der Waals surface area contributed by atoms with E-state index in [0.717, 1.165) is 35.9 Å². The van der Waals surface area contributed by atoms with E-state index in [-0.39, 0.29) is 42.9 Å². The van der Waals surface area contributed by atoms with E-state index in [1.807, 2.05) is 18.2 Å². The fourth-order valence-electron chi connectivity index (χ4n) is 3.27. The Bertz CT molecular complexity index is 749. The molecule has 1 aromatic heterocycles. The summed E-state index contributed by atoms with van der Waals surface area (Å²) in [6, 6.07) is 7.93. The largest absolute Gasteiger partial charge is 0.373 e. The molecule has 1 aromatic carbocycles. The number of nitrogens with zero attached hydrogens (tertiary/aromatic N) is 2. The molecule has 3 N–H and O–H groups in total. The standard InChI is InChI=1S/C19H26N4O2S.2ClH/c1-13-9-23(10-14(2)25-13)11-15-5-3-4-6-16(15)22-19(24)17-12-26-18(21-17)7-8-20;;/h3-6,12-14H,7-11,20H2,1-2H3,(H,22,24);2*1H. The Morgan fingerprint density at radius 2 is 1.96 bits per heavy atom. The van der Waals surface area contributed by atoms with E-state index in [0.29, 0.717) is 18.7 Å². The van der Waals surface area contributed by atoms with Crippen molar-refractivity contribution in [2.45, 2.75) is 39.0 Å². The molecule has 0 aliphatic carbocycles. The molecular weight excluding hydrogens is 419 g/mol. The number of aromatic nitrogens is 1. The number of halogens is 2. The van der Waals surface area contributed by atoms with Gasteiger partial charge in [-0.1, -0.05) is 18.2 Å². The molecule has 0 spiro atoms. The van der Waals surface area contributed by atoms with Gasteiger partial charge in [-0.25, -0.2) is 4.98 Å².